The molecular weight excluding hydrogens is 486 g/mol. The molecule has 5 atom stereocenters. The first-order valence-electron chi connectivity index (χ1n) is 12.3. The summed E-state index contributed by atoms with van der Waals surface area (Å²) in [5.41, 5.74) is 11.8. The highest BCUT2D eigenvalue weighted by molar-refractivity contribution is 5.94. The molecule has 0 radical (unpaired) electrons. The van der Waals surface area contributed by atoms with Gasteiger partial charge in [-0.25, -0.2) is 9.78 Å². The molecule has 10 N–H and O–H groups in total. The first-order chi connectivity index (χ1) is 17.5. The second kappa shape index (κ2) is 16.3. The number of H-pyrrole nitrogens is 1. The summed E-state index contributed by atoms with van der Waals surface area (Å²) in [6.45, 7) is 4.00. The number of aliphatic carboxylic acids is 2. The Hall–Kier alpha value is -3.52. The Kier molecular flexibility index (Phi) is 13.9. The van der Waals surface area contributed by atoms with Gasteiger partial charge >= 0.3 is 11.9 Å². The van der Waals surface area contributed by atoms with Crippen LogP contribution in [0.5, 0.6) is 0 Å². The smallest absolute Gasteiger partial charge is 0.326 e. The van der Waals surface area contributed by atoms with E-state index in [1.807, 2.05) is 6.92 Å². The van der Waals surface area contributed by atoms with Crippen LogP contribution in [-0.4, -0.2) is 80.6 Å². The lowest BCUT2D eigenvalue weighted by Crippen LogP contribution is -2.58. The molecule has 0 fully saturated rings. The molecule has 14 heteroatoms. The number of carboxylic acid groups (broad SMARTS) is 2. The molecule has 1 aromatic heterocycles. The Morgan fingerprint density at radius 1 is 0.973 bits per heavy atom. The number of carbonyl (C=O) groups is 5. The van der Waals surface area contributed by atoms with Crippen LogP contribution in [0.15, 0.2) is 12.5 Å². The summed E-state index contributed by atoms with van der Waals surface area (Å²) in [4.78, 5) is 68.3. The van der Waals surface area contributed by atoms with Gasteiger partial charge in [0.1, 0.15) is 18.1 Å². The first kappa shape index (κ1) is 31.5. The molecule has 0 aliphatic rings. The maximum Gasteiger partial charge on any atom is 0.326 e. The molecule has 0 saturated carbocycles. The molecule has 1 aromatic rings. The van der Waals surface area contributed by atoms with Gasteiger partial charge in [-0.15, -0.1) is 0 Å². The van der Waals surface area contributed by atoms with E-state index in [4.69, 9.17) is 16.6 Å². The van der Waals surface area contributed by atoms with Crippen molar-refractivity contribution in [3.63, 3.8) is 0 Å². The zero-order valence-electron chi connectivity index (χ0n) is 21.2. The van der Waals surface area contributed by atoms with Crippen LogP contribution in [0.1, 0.15) is 58.1 Å². The number of nitrogens with zero attached hydrogens (tertiary/aromatic N) is 1. The van der Waals surface area contributed by atoms with Crippen LogP contribution in [0.3, 0.4) is 0 Å². The Bertz CT molecular complexity index is 894. The Labute approximate surface area is 215 Å². The third kappa shape index (κ3) is 11.4. The number of nitrogens with one attached hydrogen (secondary N) is 4. The summed E-state index contributed by atoms with van der Waals surface area (Å²) in [6, 6.07) is -4.65. The number of rotatable bonds is 18. The maximum absolute atomic E-state index is 13.1. The van der Waals surface area contributed by atoms with Gasteiger partial charge in [0.25, 0.3) is 0 Å². The number of carboxylic acids is 2. The molecule has 0 aliphatic heterocycles. The summed E-state index contributed by atoms with van der Waals surface area (Å²) in [5, 5.41) is 26.0. The van der Waals surface area contributed by atoms with Gasteiger partial charge < -0.3 is 42.6 Å². The highest BCUT2D eigenvalue weighted by Gasteiger charge is 2.31. The SMILES string of the molecule is CC[C@H](C)[C@H](N)C(=O)N[C@@H](CCC(=O)O)C(=O)N[C@@H](Cc1c[nH]cn1)C(=O)N[C@@H](CCCCN)C(=O)O. The van der Waals surface area contributed by atoms with E-state index in [1.54, 1.807) is 6.92 Å². The van der Waals surface area contributed by atoms with Crippen LogP contribution in [0.25, 0.3) is 0 Å². The van der Waals surface area contributed by atoms with Gasteiger partial charge in [0.2, 0.25) is 17.7 Å². The zero-order valence-corrected chi connectivity index (χ0v) is 21.2. The number of amides is 3. The van der Waals surface area contributed by atoms with Gasteiger partial charge in [-0.05, 0) is 38.1 Å². The van der Waals surface area contributed by atoms with Crippen LogP contribution in [0, 0.1) is 5.92 Å². The fourth-order valence-electron chi connectivity index (χ4n) is 3.43. The van der Waals surface area contributed by atoms with Crippen molar-refractivity contribution >= 4 is 29.7 Å². The molecule has 14 nitrogen and oxygen atoms in total. The standard InChI is InChI=1S/C23H39N7O7/c1-3-13(2)19(25)22(35)28-15(7-8-18(31)32)20(33)30-17(10-14-11-26-12-27-14)21(34)29-16(23(36)37)6-4-5-9-24/h11-13,15-17,19H,3-10,24-25H2,1-2H3,(H,26,27)(H,28,35)(H,29,34)(H,30,33)(H,31,32)(H,36,37)/t13-,15-,16-,17-,19-/m0/s1. The number of hydrogen-bond donors (Lipinski definition) is 8. The van der Waals surface area contributed by atoms with Crippen LogP contribution in [-0.2, 0) is 30.4 Å². The summed E-state index contributed by atoms with van der Waals surface area (Å²) in [7, 11) is 0. The van der Waals surface area contributed by atoms with Gasteiger partial charge in [-0.1, -0.05) is 20.3 Å². The van der Waals surface area contributed by atoms with E-state index in [-0.39, 0.29) is 25.2 Å². The first-order valence-corrected chi connectivity index (χ1v) is 12.3. The van der Waals surface area contributed by atoms with Crippen molar-refractivity contribution in [2.45, 2.75) is 83.0 Å². The zero-order chi connectivity index (χ0) is 28.0. The van der Waals surface area contributed by atoms with Crippen LogP contribution in [0.4, 0.5) is 0 Å². The average molecular weight is 526 g/mol. The minimum absolute atomic E-state index is 0.0812. The predicted octanol–water partition coefficient (Wildman–Crippen LogP) is -1.14. The van der Waals surface area contributed by atoms with Crippen molar-refractivity contribution in [1.29, 1.82) is 0 Å². The molecule has 3 amide bonds. The van der Waals surface area contributed by atoms with E-state index < -0.39 is 60.2 Å². The fraction of sp³-hybridized carbons (Fsp3) is 0.652. The van der Waals surface area contributed by atoms with Crippen molar-refractivity contribution in [2.75, 3.05) is 6.54 Å². The lowest BCUT2D eigenvalue weighted by Gasteiger charge is -2.25. The normalized spacial score (nSPS) is 15.0. The molecule has 1 heterocycles. The quantitative estimate of drug-likeness (QED) is 0.107. The Balaban J connectivity index is 3.08. The Morgan fingerprint density at radius 2 is 1.59 bits per heavy atom. The van der Waals surface area contributed by atoms with Crippen LogP contribution < -0.4 is 27.4 Å². The molecule has 0 aromatic carbocycles. The number of aromatic nitrogens is 2. The van der Waals surface area contributed by atoms with Crippen molar-refractivity contribution < 1.29 is 34.2 Å². The van der Waals surface area contributed by atoms with Crippen molar-refractivity contribution in [3.8, 4) is 0 Å². The van der Waals surface area contributed by atoms with Crippen molar-refractivity contribution in [1.82, 2.24) is 25.9 Å². The van der Waals surface area contributed by atoms with Crippen LogP contribution in [0.2, 0.25) is 0 Å². The third-order valence-electron chi connectivity index (χ3n) is 6.00. The summed E-state index contributed by atoms with van der Waals surface area (Å²) in [5.74, 6) is -4.80. The van der Waals surface area contributed by atoms with E-state index in [1.165, 1.54) is 12.5 Å². The Morgan fingerprint density at radius 3 is 2.14 bits per heavy atom. The lowest BCUT2D eigenvalue weighted by molar-refractivity contribution is -0.142. The number of unbranched alkanes of at least 4 members (excludes halogenated alkanes) is 1. The van der Waals surface area contributed by atoms with Gasteiger partial charge in [-0.3, -0.25) is 19.2 Å². The minimum atomic E-state index is -1.28. The van der Waals surface area contributed by atoms with E-state index >= 15 is 0 Å². The number of nitrogens with two attached hydrogens (primary N) is 2. The molecule has 0 unspecified atom stereocenters. The molecule has 0 spiro atoms. The molecule has 37 heavy (non-hydrogen) atoms. The minimum Gasteiger partial charge on any atom is -0.481 e. The largest absolute Gasteiger partial charge is 0.481 e. The van der Waals surface area contributed by atoms with Crippen LogP contribution >= 0.6 is 0 Å². The molecule has 0 aliphatic carbocycles. The molecule has 1 rings (SSSR count). The van der Waals surface area contributed by atoms with E-state index in [0.29, 0.717) is 31.5 Å². The van der Waals surface area contributed by atoms with Crippen molar-refractivity contribution in [3.05, 3.63) is 18.2 Å². The lowest BCUT2D eigenvalue weighted by atomic mass is 9.98. The summed E-state index contributed by atoms with van der Waals surface area (Å²) < 4.78 is 0. The van der Waals surface area contributed by atoms with Gasteiger partial charge in [0, 0.05) is 19.0 Å². The number of hydrogen-bond acceptors (Lipinski definition) is 8. The molecule has 208 valence electrons. The second-order valence-electron chi connectivity index (χ2n) is 8.91. The van der Waals surface area contributed by atoms with E-state index in [2.05, 4.69) is 25.9 Å². The number of aromatic amines is 1. The maximum atomic E-state index is 13.1. The molecule has 0 bridgehead atoms. The predicted molar refractivity (Wildman–Crippen MR) is 133 cm³/mol. The monoisotopic (exact) mass is 525 g/mol. The van der Waals surface area contributed by atoms with Gasteiger partial charge in [0.15, 0.2) is 0 Å². The number of imidazole rings is 1. The van der Waals surface area contributed by atoms with Gasteiger partial charge in [0.05, 0.1) is 18.1 Å². The average Bonchev–Trinajstić information content (AvgIpc) is 3.37. The van der Waals surface area contributed by atoms with Gasteiger partial charge in [-0.2, -0.15) is 0 Å². The molecule has 0 saturated heterocycles. The second-order valence-corrected chi connectivity index (χ2v) is 8.91. The summed E-state index contributed by atoms with van der Waals surface area (Å²) >= 11 is 0. The van der Waals surface area contributed by atoms with E-state index in [0.717, 1.165) is 0 Å². The fourth-order valence-corrected chi connectivity index (χ4v) is 3.43. The number of carbonyl (C=O) groups excluding carboxylic acids is 3. The highest BCUT2D eigenvalue weighted by atomic mass is 16.4. The van der Waals surface area contributed by atoms with Crippen molar-refractivity contribution in [2.24, 2.45) is 17.4 Å². The highest BCUT2D eigenvalue weighted by Crippen LogP contribution is 2.09. The summed E-state index contributed by atoms with van der Waals surface area (Å²) in [6.07, 6.45) is 3.96. The topological polar surface area (TPSA) is 243 Å². The van der Waals surface area contributed by atoms with E-state index in [9.17, 15) is 29.1 Å². The molecular formula is C23H39N7O7. The third-order valence-corrected chi connectivity index (χ3v) is 6.00.